The molecule has 0 spiro atoms. The summed E-state index contributed by atoms with van der Waals surface area (Å²) in [4.78, 5) is 3.11. The van der Waals surface area contributed by atoms with Gasteiger partial charge in [-0.1, -0.05) is 18.2 Å². The average Bonchev–Trinajstić information content (AvgIpc) is 2.96. The predicted octanol–water partition coefficient (Wildman–Crippen LogP) is 4.70. The Hall–Kier alpha value is -2.74. The van der Waals surface area contributed by atoms with Crippen molar-refractivity contribution in [2.75, 3.05) is 0 Å². The number of aromatic amines is 1. The summed E-state index contributed by atoms with van der Waals surface area (Å²) >= 11 is 0. The smallest absolute Gasteiger partial charge is 0.375 e. The largest absolute Gasteiger partial charge is 0.534 e. The lowest BCUT2D eigenvalue weighted by molar-refractivity contribution is -0.0499. The van der Waals surface area contributed by atoms with Gasteiger partial charge >= 0.3 is 15.6 Å². The van der Waals surface area contributed by atoms with Crippen molar-refractivity contribution >= 4 is 42.6 Å². The summed E-state index contributed by atoms with van der Waals surface area (Å²) in [5.74, 6) is -0.339. The molecule has 0 unspecified atom stereocenters. The highest BCUT2D eigenvalue weighted by Crippen LogP contribution is 2.38. The SMILES string of the molecule is O=S(=O)(Oc1ccc2c1ccc1c3ccc[nH]c3ccc21)C(F)(F)F. The topological polar surface area (TPSA) is 59.2 Å². The molecule has 128 valence electrons. The molecule has 0 saturated heterocycles. The molecule has 25 heavy (non-hydrogen) atoms. The fraction of sp³-hybridized carbons (Fsp3) is 0.0588. The Morgan fingerprint density at radius 1 is 0.800 bits per heavy atom. The molecule has 4 nitrogen and oxygen atoms in total. The van der Waals surface area contributed by atoms with Crippen molar-refractivity contribution in [3.05, 3.63) is 54.7 Å². The first-order valence-electron chi connectivity index (χ1n) is 7.20. The summed E-state index contributed by atoms with van der Waals surface area (Å²) in [5.41, 5.74) is -4.56. The van der Waals surface area contributed by atoms with E-state index >= 15 is 0 Å². The first-order valence-corrected chi connectivity index (χ1v) is 8.61. The van der Waals surface area contributed by atoms with Crippen LogP contribution in [-0.2, 0) is 10.1 Å². The molecule has 0 atom stereocenters. The van der Waals surface area contributed by atoms with E-state index in [9.17, 15) is 21.6 Å². The molecule has 3 aromatic carbocycles. The van der Waals surface area contributed by atoms with Crippen molar-refractivity contribution in [1.29, 1.82) is 0 Å². The Kier molecular flexibility index (Phi) is 3.23. The molecule has 4 aromatic rings. The van der Waals surface area contributed by atoms with E-state index in [-0.39, 0.29) is 5.75 Å². The quantitative estimate of drug-likeness (QED) is 0.318. The molecule has 0 aliphatic carbocycles. The van der Waals surface area contributed by atoms with Crippen LogP contribution >= 0.6 is 0 Å². The third kappa shape index (κ3) is 2.41. The van der Waals surface area contributed by atoms with Gasteiger partial charge in [0.15, 0.2) is 5.75 Å². The molecule has 0 aliphatic rings. The van der Waals surface area contributed by atoms with Gasteiger partial charge in [0, 0.05) is 22.5 Å². The zero-order valence-electron chi connectivity index (χ0n) is 12.5. The number of nitrogens with one attached hydrogen (secondary N) is 1. The number of fused-ring (bicyclic) bond motifs is 5. The maximum Gasteiger partial charge on any atom is 0.534 e. The fourth-order valence-corrected chi connectivity index (χ4v) is 3.40. The minimum Gasteiger partial charge on any atom is -0.375 e. The highest BCUT2D eigenvalue weighted by Gasteiger charge is 2.48. The Morgan fingerprint density at radius 3 is 2.16 bits per heavy atom. The number of pyridine rings is 1. The molecular weight excluding hydrogens is 355 g/mol. The zero-order chi connectivity index (χ0) is 17.8. The van der Waals surface area contributed by atoms with E-state index in [0.29, 0.717) is 10.8 Å². The van der Waals surface area contributed by atoms with Gasteiger partial charge < -0.3 is 9.17 Å². The number of aromatic nitrogens is 1. The third-order valence-corrected chi connectivity index (χ3v) is 5.00. The molecular formula is C17H10F3NO3S. The Morgan fingerprint density at radius 2 is 1.40 bits per heavy atom. The van der Waals surface area contributed by atoms with Gasteiger partial charge in [-0.25, -0.2) is 0 Å². The normalized spacial score (nSPS) is 12.9. The average molecular weight is 365 g/mol. The number of alkyl halides is 3. The summed E-state index contributed by atoms with van der Waals surface area (Å²) in [5, 5.41) is 3.57. The number of rotatable bonds is 2. The summed E-state index contributed by atoms with van der Waals surface area (Å²) in [6, 6.07) is 13.5. The standard InChI is InChI=1S/C17H10F3NO3S/c18-17(19,20)25(22,23)24-16-8-6-12-10-5-7-15-13(2-1-9-21-15)11(10)3-4-14(12)16/h1-9,21H. The van der Waals surface area contributed by atoms with Crippen LogP contribution in [-0.4, -0.2) is 18.9 Å². The van der Waals surface area contributed by atoms with Crippen molar-refractivity contribution in [2.45, 2.75) is 5.51 Å². The molecule has 1 N–H and O–H groups in total. The number of halogens is 3. The Balaban J connectivity index is 1.94. The molecule has 4 rings (SSSR count). The van der Waals surface area contributed by atoms with Crippen molar-refractivity contribution in [2.24, 2.45) is 0 Å². The number of H-pyrrole nitrogens is 1. The van der Waals surface area contributed by atoms with E-state index in [0.717, 1.165) is 21.7 Å². The van der Waals surface area contributed by atoms with E-state index in [2.05, 4.69) is 9.17 Å². The van der Waals surface area contributed by atoms with Gasteiger partial charge in [-0.3, -0.25) is 0 Å². The maximum atomic E-state index is 12.5. The highest BCUT2D eigenvalue weighted by molar-refractivity contribution is 7.88. The number of hydrogen-bond donors (Lipinski definition) is 1. The van der Waals surface area contributed by atoms with Crippen molar-refractivity contribution in [3.8, 4) is 5.75 Å². The second kappa shape index (κ2) is 5.13. The van der Waals surface area contributed by atoms with E-state index < -0.39 is 15.6 Å². The van der Waals surface area contributed by atoms with Gasteiger partial charge in [0.05, 0.1) is 0 Å². The lowest BCUT2D eigenvalue weighted by Gasteiger charge is -2.09. The summed E-state index contributed by atoms with van der Waals surface area (Å²) in [6.07, 6.45) is 1.79. The van der Waals surface area contributed by atoms with Crippen LogP contribution in [0.1, 0.15) is 0 Å². The first kappa shape index (κ1) is 15.8. The number of benzene rings is 2. The lowest BCUT2D eigenvalue weighted by Crippen LogP contribution is -2.27. The van der Waals surface area contributed by atoms with Crippen LogP contribution in [0.5, 0.6) is 5.75 Å². The molecule has 1 heterocycles. The first-order chi connectivity index (χ1) is 11.8. The van der Waals surface area contributed by atoms with Crippen molar-refractivity contribution in [3.63, 3.8) is 0 Å². The van der Waals surface area contributed by atoms with Crippen molar-refractivity contribution < 1.29 is 25.8 Å². The third-order valence-electron chi connectivity index (χ3n) is 4.03. The van der Waals surface area contributed by atoms with Gasteiger partial charge in [-0.2, -0.15) is 21.6 Å². The molecule has 8 heteroatoms. The molecule has 0 radical (unpaired) electrons. The van der Waals surface area contributed by atoms with E-state index in [4.69, 9.17) is 0 Å². The van der Waals surface area contributed by atoms with E-state index in [1.165, 1.54) is 6.07 Å². The van der Waals surface area contributed by atoms with Crippen LogP contribution in [0.25, 0.3) is 32.4 Å². The lowest BCUT2D eigenvalue weighted by atomic mass is 10.0. The fourth-order valence-electron chi connectivity index (χ4n) is 2.92. The summed E-state index contributed by atoms with van der Waals surface area (Å²) in [7, 11) is -5.71. The summed E-state index contributed by atoms with van der Waals surface area (Å²) in [6.45, 7) is 0. The zero-order valence-corrected chi connectivity index (χ0v) is 13.3. The summed E-state index contributed by atoms with van der Waals surface area (Å²) < 4.78 is 64.4. The molecule has 0 aliphatic heterocycles. The van der Waals surface area contributed by atoms with E-state index in [1.807, 2.05) is 24.3 Å². The van der Waals surface area contributed by atoms with Crippen LogP contribution in [0.3, 0.4) is 0 Å². The minimum atomic E-state index is -5.71. The molecule has 1 aromatic heterocycles. The van der Waals surface area contributed by atoms with Gasteiger partial charge in [-0.15, -0.1) is 0 Å². The maximum absolute atomic E-state index is 12.5. The second-order valence-corrected chi connectivity index (χ2v) is 7.04. The van der Waals surface area contributed by atoms with Gasteiger partial charge in [0.1, 0.15) is 0 Å². The molecule has 0 saturated carbocycles. The highest BCUT2D eigenvalue weighted by atomic mass is 32.2. The molecule has 0 bridgehead atoms. The number of hydrogen-bond acceptors (Lipinski definition) is 3. The monoisotopic (exact) mass is 365 g/mol. The van der Waals surface area contributed by atoms with Gasteiger partial charge in [0.25, 0.3) is 0 Å². The predicted molar refractivity (Wildman–Crippen MR) is 88.9 cm³/mol. The van der Waals surface area contributed by atoms with Crippen molar-refractivity contribution in [1.82, 2.24) is 4.98 Å². The van der Waals surface area contributed by atoms with Crippen LogP contribution in [0.2, 0.25) is 0 Å². The van der Waals surface area contributed by atoms with Crippen LogP contribution < -0.4 is 4.18 Å². The van der Waals surface area contributed by atoms with Gasteiger partial charge in [-0.05, 0) is 46.5 Å². The van der Waals surface area contributed by atoms with Crippen LogP contribution in [0.4, 0.5) is 13.2 Å². The second-order valence-electron chi connectivity index (χ2n) is 5.50. The minimum absolute atomic E-state index is 0.305. The van der Waals surface area contributed by atoms with Crippen LogP contribution in [0.15, 0.2) is 54.7 Å². The van der Waals surface area contributed by atoms with E-state index in [1.54, 1.807) is 24.4 Å². The Bertz CT molecular complexity index is 1230. The Labute approximate surface area is 139 Å². The molecule has 0 amide bonds. The van der Waals surface area contributed by atoms with Crippen LogP contribution in [0, 0.1) is 0 Å². The molecule has 0 fully saturated rings. The van der Waals surface area contributed by atoms with Gasteiger partial charge in [0.2, 0.25) is 0 Å².